The Balaban J connectivity index is 1.70. The smallest absolute Gasteiger partial charge is 0.322 e. The standard InChI is InChI=1S/C26H28N2O3S/c1-2-3-16-28(26(31)27-19-21-8-5-4-6-9-21)22-10-7-11-24(18-22)32-23-14-12-20(13-15-23)17-25(29)30/h4-15,18H,2-3,16-17,19H2,1H3,(H,27,31)(H,29,30). The van der Waals surface area contributed by atoms with Crippen LogP contribution in [-0.2, 0) is 17.8 Å². The molecule has 2 N–H and O–H groups in total. The van der Waals surface area contributed by atoms with Crippen molar-refractivity contribution >= 4 is 29.4 Å². The van der Waals surface area contributed by atoms with E-state index in [9.17, 15) is 9.59 Å². The van der Waals surface area contributed by atoms with Crippen molar-refractivity contribution in [3.8, 4) is 0 Å². The highest BCUT2D eigenvalue weighted by atomic mass is 32.2. The molecule has 3 aromatic rings. The van der Waals surface area contributed by atoms with Crippen LogP contribution in [0.15, 0.2) is 88.7 Å². The summed E-state index contributed by atoms with van der Waals surface area (Å²) in [6, 6.07) is 25.3. The van der Waals surface area contributed by atoms with E-state index in [1.54, 1.807) is 16.7 Å². The molecule has 0 heterocycles. The molecule has 0 aliphatic rings. The summed E-state index contributed by atoms with van der Waals surface area (Å²) in [5.41, 5.74) is 2.69. The van der Waals surface area contributed by atoms with E-state index in [-0.39, 0.29) is 12.5 Å². The van der Waals surface area contributed by atoms with Gasteiger partial charge in [0.25, 0.3) is 0 Å². The minimum atomic E-state index is -0.837. The van der Waals surface area contributed by atoms with Crippen LogP contribution in [0.1, 0.15) is 30.9 Å². The van der Waals surface area contributed by atoms with Gasteiger partial charge in [-0.15, -0.1) is 0 Å². The molecule has 0 saturated heterocycles. The highest BCUT2D eigenvalue weighted by Crippen LogP contribution is 2.31. The van der Waals surface area contributed by atoms with Gasteiger partial charge in [0.05, 0.1) is 6.42 Å². The van der Waals surface area contributed by atoms with Crippen LogP contribution in [0.2, 0.25) is 0 Å². The molecule has 0 spiro atoms. The maximum atomic E-state index is 13.0. The van der Waals surface area contributed by atoms with Gasteiger partial charge in [-0.1, -0.05) is 73.6 Å². The zero-order chi connectivity index (χ0) is 22.8. The molecule has 0 fully saturated rings. The van der Waals surface area contributed by atoms with Gasteiger partial charge >= 0.3 is 12.0 Å². The predicted octanol–water partition coefficient (Wildman–Crippen LogP) is 5.98. The van der Waals surface area contributed by atoms with Crippen LogP contribution in [-0.4, -0.2) is 23.7 Å². The molecule has 0 radical (unpaired) electrons. The SMILES string of the molecule is CCCCN(C(=O)NCc1ccccc1)c1cccc(Sc2ccc(CC(=O)O)cc2)c1. The summed E-state index contributed by atoms with van der Waals surface area (Å²) in [5.74, 6) is -0.837. The molecule has 3 aromatic carbocycles. The van der Waals surface area contributed by atoms with Gasteiger partial charge in [-0.25, -0.2) is 4.79 Å². The van der Waals surface area contributed by atoms with Crippen molar-refractivity contribution in [3.05, 3.63) is 90.0 Å². The Kier molecular flexibility index (Phi) is 8.75. The minimum absolute atomic E-state index is 0.0188. The third-order valence-electron chi connectivity index (χ3n) is 4.91. The van der Waals surface area contributed by atoms with Gasteiger partial charge in [0.2, 0.25) is 0 Å². The number of carboxylic acids is 1. The Labute approximate surface area is 193 Å². The first-order valence-electron chi connectivity index (χ1n) is 10.7. The van der Waals surface area contributed by atoms with Crippen LogP contribution in [0.3, 0.4) is 0 Å². The summed E-state index contributed by atoms with van der Waals surface area (Å²) in [4.78, 5) is 27.7. The number of hydrogen-bond acceptors (Lipinski definition) is 3. The first-order chi connectivity index (χ1) is 15.5. The predicted molar refractivity (Wildman–Crippen MR) is 129 cm³/mol. The summed E-state index contributed by atoms with van der Waals surface area (Å²) < 4.78 is 0. The molecule has 0 unspecified atom stereocenters. The fourth-order valence-corrected chi connectivity index (χ4v) is 4.10. The molecule has 0 aliphatic heterocycles. The summed E-state index contributed by atoms with van der Waals surface area (Å²) in [7, 11) is 0. The lowest BCUT2D eigenvalue weighted by molar-refractivity contribution is -0.136. The van der Waals surface area contributed by atoms with Crippen LogP contribution in [0.4, 0.5) is 10.5 Å². The van der Waals surface area contributed by atoms with Gasteiger partial charge in [0.15, 0.2) is 0 Å². The van der Waals surface area contributed by atoms with E-state index in [0.717, 1.165) is 39.4 Å². The summed E-state index contributed by atoms with van der Waals surface area (Å²) in [6.07, 6.45) is 1.94. The number of hydrogen-bond donors (Lipinski definition) is 2. The van der Waals surface area contributed by atoms with Crippen LogP contribution >= 0.6 is 11.8 Å². The van der Waals surface area contributed by atoms with Crippen LogP contribution in [0.5, 0.6) is 0 Å². The topological polar surface area (TPSA) is 69.6 Å². The van der Waals surface area contributed by atoms with E-state index in [0.29, 0.717) is 13.1 Å². The van der Waals surface area contributed by atoms with Crippen molar-refractivity contribution in [2.75, 3.05) is 11.4 Å². The molecule has 0 aromatic heterocycles. The molecule has 0 bridgehead atoms. The fourth-order valence-electron chi connectivity index (χ4n) is 3.23. The number of unbranched alkanes of at least 4 members (excludes halogenated alkanes) is 1. The number of carboxylic acid groups (broad SMARTS) is 1. The quantitative estimate of drug-likeness (QED) is 0.400. The molecule has 3 rings (SSSR count). The van der Waals surface area contributed by atoms with E-state index in [1.807, 2.05) is 78.9 Å². The van der Waals surface area contributed by atoms with Crippen molar-refractivity contribution in [1.82, 2.24) is 5.32 Å². The molecule has 2 amide bonds. The Morgan fingerprint density at radius 2 is 1.66 bits per heavy atom. The number of anilines is 1. The number of carbonyl (C=O) groups is 2. The van der Waals surface area contributed by atoms with Crippen molar-refractivity contribution < 1.29 is 14.7 Å². The summed E-state index contributed by atoms with van der Waals surface area (Å²) >= 11 is 1.59. The lowest BCUT2D eigenvalue weighted by atomic mass is 10.2. The average Bonchev–Trinajstić information content (AvgIpc) is 2.80. The van der Waals surface area contributed by atoms with Crippen LogP contribution < -0.4 is 10.2 Å². The lowest BCUT2D eigenvalue weighted by Gasteiger charge is -2.24. The van der Waals surface area contributed by atoms with Crippen LogP contribution in [0, 0.1) is 0 Å². The maximum absolute atomic E-state index is 13.0. The maximum Gasteiger partial charge on any atom is 0.322 e. The number of carbonyl (C=O) groups excluding carboxylic acids is 1. The number of nitrogens with one attached hydrogen (secondary N) is 1. The van der Waals surface area contributed by atoms with Gasteiger partial charge < -0.3 is 10.4 Å². The highest BCUT2D eigenvalue weighted by Gasteiger charge is 2.15. The van der Waals surface area contributed by atoms with Crippen molar-refractivity contribution in [3.63, 3.8) is 0 Å². The van der Waals surface area contributed by atoms with Crippen molar-refractivity contribution in [2.24, 2.45) is 0 Å². The second-order valence-electron chi connectivity index (χ2n) is 7.46. The van der Waals surface area contributed by atoms with Gasteiger partial charge in [0.1, 0.15) is 0 Å². The molecule has 0 aliphatic carbocycles. The van der Waals surface area contributed by atoms with Gasteiger partial charge in [-0.2, -0.15) is 0 Å². The second kappa shape index (κ2) is 12.0. The Bertz CT molecular complexity index is 1020. The van der Waals surface area contributed by atoms with E-state index >= 15 is 0 Å². The molecule has 5 nitrogen and oxygen atoms in total. The lowest BCUT2D eigenvalue weighted by Crippen LogP contribution is -2.40. The molecule has 0 saturated carbocycles. The van der Waals surface area contributed by atoms with Crippen LogP contribution in [0.25, 0.3) is 0 Å². The molecule has 166 valence electrons. The first kappa shape index (κ1) is 23.4. The molecular weight excluding hydrogens is 420 g/mol. The van der Waals surface area contributed by atoms with Gasteiger partial charge in [-0.3, -0.25) is 9.69 Å². The molecule has 6 heteroatoms. The first-order valence-corrected chi connectivity index (χ1v) is 11.5. The van der Waals surface area contributed by atoms with E-state index in [4.69, 9.17) is 5.11 Å². The Hall–Kier alpha value is -3.25. The number of nitrogens with zero attached hydrogens (tertiary/aromatic N) is 1. The van der Waals surface area contributed by atoms with Gasteiger partial charge in [0, 0.05) is 28.6 Å². The van der Waals surface area contributed by atoms with Crippen molar-refractivity contribution in [1.29, 1.82) is 0 Å². The Morgan fingerprint density at radius 3 is 2.34 bits per heavy atom. The van der Waals surface area contributed by atoms with E-state index < -0.39 is 5.97 Å². The van der Waals surface area contributed by atoms with E-state index in [2.05, 4.69) is 12.2 Å². The zero-order valence-electron chi connectivity index (χ0n) is 18.2. The van der Waals surface area contributed by atoms with Crippen molar-refractivity contribution in [2.45, 2.75) is 42.5 Å². The molecular formula is C26H28N2O3S. The number of benzene rings is 3. The third kappa shape index (κ3) is 7.17. The second-order valence-corrected chi connectivity index (χ2v) is 8.61. The monoisotopic (exact) mass is 448 g/mol. The average molecular weight is 449 g/mol. The van der Waals surface area contributed by atoms with E-state index in [1.165, 1.54) is 0 Å². The normalized spacial score (nSPS) is 10.5. The fraction of sp³-hybridized carbons (Fsp3) is 0.231. The number of amides is 2. The number of urea groups is 1. The summed E-state index contributed by atoms with van der Waals surface area (Å²) in [6.45, 7) is 3.24. The third-order valence-corrected chi connectivity index (χ3v) is 5.91. The number of aliphatic carboxylic acids is 1. The van der Waals surface area contributed by atoms with Gasteiger partial charge in [-0.05, 0) is 47.9 Å². The minimum Gasteiger partial charge on any atom is -0.481 e. The zero-order valence-corrected chi connectivity index (χ0v) is 19.0. The highest BCUT2D eigenvalue weighted by molar-refractivity contribution is 7.99. The molecule has 0 atom stereocenters. The number of rotatable bonds is 10. The molecule has 32 heavy (non-hydrogen) atoms. The Morgan fingerprint density at radius 1 is 0.906 bits per heavy atom. The summed E-state index contributed by atoms with van der Waals surface area (Å²) in [5, 5.41) is 12.0. The largest absolute Gasteiger partial charge is 0.481 e.